The largest absolute Gasteiger partial charge is 0.488 e. The molecule has 0 saturated carbocycles. The van der Waals surface area contributed by atoms with E-state index in [1.54, 1.807) is 12.5 Å². The molecule has 1 unspecified atom stereocenters. The number of pyridine rings is 1. The van der Waals surface area contributed by atoms with Gasteiger partial charge in [-0.05, 0) is 43.7 Å². The Labute approximate surface area is 199 Å². The van der Waals surface area contributed by atoms with Crippen LogP contribution in [0.3, 0.4) is 0 Å². The van der Waals surface area contributed by atoms with Gasteiger partial charge in [-0.2, -0.15) is 13.2 Å². The van der Waals surface area contributed by atoms with E-state index in [1.165, 1.54) is 4.90 Å². The van der Waals surface area contributed by atoms with Crippen LogP contribution in [-0.4, -0.2) is 80.8 Å². The first kappa shape index (κ1) is 26.4. The minimum atomic E-state index is -4.56. The molecule has 1 saturated heterocycles. The summed E-state index contributed by atoms with van der Waals surface area (Å²) in [5, 5.41) is 0. The zero-order valence-electron chi connectivity index (χ0n) is 19.1. The number of carbonyl (C=O) groups is 1. The molecule has 0 spiro atoms. The van der Waals surface area contributed by atoms with Crippen LogP contribution in [0.15, 0.2) is 18.3 Å². The molecule has 3 aliphatic rings. The van der Waals surface area contributed by atoms with Crippen LogP contribution in [-0.2, 0) is 22.1 Å². The van der Waals surface area contributed by atoms with E-state index in [4.69, 9.17) is 4.74 Å². The fraction of sp³-hybridized carbons (Fsp3) is 0.636. The highest BCUT2D eigenvalue weighted by Gasteiger charge is 2.41. The third kappa shape index (κ3) is 5.89. The van der Waals surface area contributed by atoms with Gasteiger partial charge in [-0.1, -0.05) is 6.08 Å². The molecule has 8 nitrogen and oxygen atoms in total. The number of likely N-dealkylation sites (tertiary alicyclic amines) is 1. The van der Waals surface area contributed by atoms with Crippen LogP contribution in [0, 0.1) is 5.92 Å². The summed E-state index contributed by atoms with van der Waals surface area (Å²) < 4.78 is 62.1. The van der Waals surface area contributed by atoms with Crippen molar-refractivity contribution in [2.75, 3.05) is 32.4 Å². The molecule has 0 bridgehead atoms. The van der Waals surface area contributed by atoms with Crippen molar-refractivity contribution >= 4 is 22.7 Å². The standard InChI is InChI=1S/C22H28F3N3O4S.H2O/c1-14(22(23,24)25)31-21(29)27-7-3-16(4-8-27)19-12-17-11-18(26-13-20(17)32-19)15-5-9-28(10-6-15)33(2)30;/h5,11,13-14,16,19H,3-4,6-10,12H2,1-2H3;1H2/t14-,19-,33?;/m1./s1. The van der Waals surface area contributed by atoms with E-state index < -0.39 is 29.4 Å². The van der Waals surface area contributed by atoms with Crippen LogP contribution in [0.4, 0.5) is 18.0 Å². The molecule has 2 N–H and O–H groups in total. The van der Waals surface area contributed by atoms with E-state index in [0.717, 1.165) is 48.9 Å². The van der Waals surface area contributed by atoms with E-state index >= 15 is 0 Å². The minimum absolute atomic E-state index is 0. The Balaban J connectivity index is 0.00000324. The van der Waals surface area contributed by atoms with Gasteiger partial charge in [0.15, 0.2) is 6.10 Å². The van der Waals surface area contributed by atoms with Crippen molar-refractivity contribution in [3.63, 3.8) is 0 Å². The van der Waals surface area contributed by atoms with Crippen LogP contribution in [0.5, 0.6) is 5.75 Å². The molecule has 4 rings (SSSR count). The Kier molecular flexibility index (Phi) is 8.25. The number of carbonyl (C=O) groups excluding carboxylic acids is 1. The molecule has 1 aromatic rings. The second-order valence-electron chi connectivity index (χ2n) is 8.72. The Hall–Kier alpha value is -2.18. The van der Waals surface area contributed by atoms with E-state index in [1.807, 2.05) is 4.31 Å². The van der Waals surface area contributed by atoms with Gasteiger partial charge in [0.25, 0.3) is 0 Å². The van der Waals surface area contributed by atoms with Crippen molar-refractivity contribution in [1.29, 1.82) is 0 Å². The Morgan fingerprint density at radius 2 is 2.00 bits per heavy atom. The summed E-state index contributed by atoms with van der Waals surface area (Å²) in [5.41, 5.74) is 3.15. The quantitative estimate of drug-likeness (QED) is 0.626. The van der Waals surface area contributed by atoms with Crippen LogP contribution in [0.25, 0.3) is 5.57 Å². The van der Waals surface area contributed by atoms with Gasteiger partial charge in [0.1, 0.15) is 11.9 Å². The summed E-state index contributed by atoms with van der Waals surface area (Å²) in [6.07, 6.45) is 0.669. The summed E-state index contributed by atoms with van der Waals surface area (Å²) in [6.45, 7) is 2.89. The lowest BCUT2D eigenvalue weighted by Crippen LogP contribution is -2.44. The minimum Gasteiger partial charge on any atom is -0.488 e. The number of aromatic nitrogens is 1. The topological polar surface area (TPSA) is 103 Å². The van der Waals surface area contributed by atoms with Crippen molar-refractivity contribution in [2.45, 2.75) is 51.0 Å². The SMILES string of the molecule is C[C@@H](OC(=O)N1CCC([C@H]2Cc3cc(C4=CCN(S(C)=O)CC4)ncc3O2)CC1)C(F)(F)F.O. The van der Waals surface area contributed by atoms with E-state index in [9.17, 15) is 22.2 Å². The number of ether oxygens (including phenoxy) is 2. The summed E-state index contributed by atoms with van der Waals surface area (Å²) in [4.78, 5) is 17.9. The van der Waals surface area contributed by atoms with Crippen molar-refractivity contribution in [1.82, 2.24) is 14.2 Å². The van der Waals surface area contributed by atoms with Gasteiger partial charge in [0, 0.05) is 44.4 Å². The number of nitrogens with zero attached hydrogens (tertiary/aromatic N) is 3. The van der Waals surface area contributed by atoms with Crippen LogP contribution >= 0.6 is 0 Å². The Morgan fingerprint density at radius 3 is 2.59 bits per heavy atom. The van der Waals surface area contributed by atoms with Gasteiger partial charge < -0.3 is 19.8 Å². The number of hydrogen-bond donors (Lipinski definition) is 0. The molecule has 12 heteroatoms. The molecule has 0 aromatic carbocycles. The monoisotopic (exact) mass is 505 g/mol. The van der Waals surface area contributed by atoms with Crippen molar-refractivity contribution in [3.8, 4) is 5.75 Å². The maximum Gasteiger partial charge on any atom is 0.425 e. The summed E-state index contributed by atoms with van der Waals surface area (Å²) in [7, 11) is -0.978. The fourth-order valence-corrected chi connectivity index (χ4v) is 5.11. The highest BCUT2D eigenvalue weighted by Crippen LogP contribution is 2.36. The van der Waals surface area contributed by atoms with E-state index in [2.05, 4.69) is 21.9 Å². The maximum atomic E-state index is 12.6. The molecule has 190 valence electrons. The predicted molar refractivity (Wildman–Crippen MR) is 120 cm³/mol. The lowest BCUT2D eigenvalue weighted by atomic mass is 9.89. The number of halogens is 3. The number of fused-ring (bicyclic) bond motifs is 1. The van der Waals surface area contributed by atoms with Gasteiger partial charge in [0.2, 0.25) is 0 Å². The highest BCUT2D eigenvalue weighted by atomic mass is 32.2. The molecule has 1 amide bonds. The summed E-state index contributed by atoms with van der Waals surface area (Å²) in [5.74, 6) is 0.962. The average Bonchev–Trinajstić information content (AvgIpc) is 3.22. The second-order valence-corrected chi connectivity index (χ2v) is 10.1. The van der Waals surface area contributed by atoms with Crippen LogP contribution in [0.1, 0.15) is 37.4 Å². The molecule has 0 aliphatic carbocycles. The van der Waals surface area contributed by atoms with Gasteiger partial charge in [-0.25, -0.2) is 13.3 Å². The zero-order valence-corrected chi connectivity index (χ0v) is 20.0. The summed E-state index contributed by atoms with van der Waals surface area (Å²) in [6, 6.07) is 2.06. The maximum absolute atomic E-state index is 12.6. The van der Waals surface area contributed by atoms with Crippen molar-refractivity contribution in [3.05, 3.63) is 29.6 Å². The lowest BCUT2D eigenvalue weighted by Gasteiger charge is -2.34. The Bertz CT molecular complexity index is 950. The van der Waals surface area contributed by atoms with Crippen molar-refractivity contribution in [2.24, 2.45) is 5.92 Å². The van der Waals surface area contributed by atoms with Crippen molar-refractivity contribution < 1.29 is 37.1 Å². The molecular weight excluding hydrogens is 475 g/mol. The third-order valence-electron chi connectivity index (χ3n) is 6.57. The molecule has 1 aromatic heterocycles. The molecular formula is C22H30F3N3O5S. The second kappa shape index (κ2) is 10.6. The third-order valence-corrected chi connectivity index (χ3v) is 7.63. The van der Waals surface area contributed by atoms with Crippen LogP contribution in [0.2, 0.25) is 0 Å². The van der Waals surface area contributed by atoms with Gasteiger partial charge in [-0.15, -0.1) is 0 Å². The zero-order chi connectivity index (χ0) is 23.8. The first-order valence-electron chi connectivity index (χ1n) is 11.1. The molecule has 0 radical (unpaired) electrons. The lowest BCUT2D eigenvalue weighted by molar-refractivity contribution is -0.200. The van der Waals surface area contributed by atoms with E-state index in [-0.39, 0.29) is 17.5 Å². The average molecular weight is 506 g/mol. The highest BCUT2D eigenvalue weighted by molar-refractivity contribution is 7.81. The number of rotatable bonds is 4. The first-order valence-corrected chi connectivity index (χ1v) is 12.6. The molecule has 3 atom stereocenters. The normalized spacial score (nSPS) is 23.3. The fourth-order valence-electron chi connectivity index (χ4n) is 4.47. The number of hydrogen-bond acceptors (Lipinski definition) is 5. The molecule has 4 heterocycles. The molecule has 3 aliphatic heterocycles. The Morgan fingerprint density at radius 1 is 1.29 bits per heavy atom. The van der Waals surface area contributed by atoms with Gasteiger partial charge >= 0.3 is 12.3 Å². The number of piperidine rings is 1. The van der Waals surface area contributed by atoms with Gasteiger partial charge in [0.05, 0.1) is 22.9 Å². The molecule has 34 heavy (non-hydrogen) atoms. The molecule has 1 fully saturated rings. The van der Waals surface area contributed by atoms with E-state index in [0.29, 0.717) is 32.5 Å². The van der Waals surface area contributed by atoms with Crippen LogP contribution < -0.4 is 4.74 Å². The first-order chi connectivity index (χ1) is 15.6. The van der Waals surface area contributed by atoms with Gasteiger partial charge in [-0.3, -0.25) is 4.98 Å². The number of amides is 1. The summed E-state index contributed by atoms with van der Waals surface area (Å²) >= 11 is 0. The smallest absolute Gasteiger partial charge is 0.425 e. The predicted octanol–water partition coefficient (Wildman–Crippen LogP) is 2.74. The number of alkyl halides is 3.